The van der Waals surface area contributed by atoms with E-state index in [0.29, 0.717) is 6.42 Å². The Morgan fingerprint density at radius 3 is 2.11 bits per heavy atom. The van der Waals surface area contributed by atoms with Crippen molar-refractivity contribution in [3.05, 3.63) is 60.3 Å². The molecule has 0 unspecified atom stereocenters. The molecule has 5 heteroatoms. The molecule has 5 nitrogen and oxygen atoms in total. The summed E-state index contributed by atoms with van der Waals surface area (Å²) in [5, 5.41) is 13.3. The lowest BCUT2D eigenvalue weighted by Crippen LogP contribution is -2.42. The van der Waals surface area contributed by atoms with Gasteiger partial charge in [0.1, 0.15) is 6.04 Å². The molecule has 38 heavy (non-hydrogen) atoms. The summed E-state index contributed by atoms with van der Waals surface area (Å²) >= 11 is 0. The lowest BCUT2D eigenvalue weighted by Gasteiger charge is -2.14. The maximum atomic E-state index is 12.3. The van der Waals surface area contributed by atoms with Crippen LogP contribution in [-0.4, -0.2) is 28.0 Å². The number of benzene rings is 1. The van der Waals surface area contributed by atoms with Gasteiger partial charge < -0.3 is 15.4 Å². The smallest absolute Gasteiger partial charge is 0.326 e. The third-order valence-corrected chi connectivity index (χ3v) is 7.09. The molecule has 3 N–H and O–H groups in total. The predicted octanol–water partition coefficient (Wildman–Crippen LogP) is 8.65. The largest absolute Gasteiger partial charge is 0.480 e. The average Bonchev–Trinajstić information content (AvgIpc) is 3.32. The number of allylic oxidation sites excluding steroid dienone is 4. The molecule has 0 bridgehead atoms. The second-order valence-electron chi connectivity index (χ2n) is 10.4. The molecule has 0 radical (unpaired) electrons. The molecule has 1 amide bonds. The highest BCUT2D eigenvalue weighted by Crippen LogP contribution is 2.19. The van der Waals surface area contributed by atoms with Crippen molar-refractivity contribution >= 4 is 22.8 Å². The molecule has 0 saturated heterocycles. The Kier molecular flexibility index (Phi) is 16.7. The summed E-state index contributed by atoms with van der Waals surface area (Å²) in [6.07, 6.45) is 29.8. The van der Waals surface area contributed by atoms with E-state index in [4.69, 9.17) is 0 Å². The highest BCUT2D eigenvalue weighted by atomic mass is 16.4. The van der Waals surface area contributed by atoms with Crippen molar-refractivity contribution in [3.63, 3.8) is 0 Å². The topological polar surface area (TPSA) is 82.2 Å². The molecule has 1 heterocycles. The van der Waals surface area contributed by atoms with Crippen molar-refractivity contribution in [2.24, 2.45) is 0 Å². The fourth-order valence-corrected chi connectivity index (χ4v) is 4.79. The lowest BCUT2D eigenvalue weighted by molar-refractivity contribution is -0.141. The van der Waals surface area contributed by atoms with Gasteiger partial charge in [-0.2, -0.15) is 0 Å². The minimum atomic E-state index is -0.995. The summed E-state index contributed by atoms with van der Waals surface area (Å²) < 4.78 is 0. The van der Waals surface area contributed by atoms with Gasteiger partial charge in [-0.05, 0) is 50.2 Å². The van der Waals surface area contributed by atoms with Crippen LogP contribution in [0.25, 0.3) is 10.9 Å². The number of rotatable bonds is 22. The number of unbranched alkanes of at least 4 members (excludes halogenated alkanes) is 12. The molecular formula is C33H50N2O3. The van der Waals surface area contributed by atoms with Crippen molar-refractivity contribution in [2.45, 2.75) is 122 Å². The Balaban J connectivity index is 1.43. The molecule has 0 aliphatic carbocycles. The Morgan fingerprint density at radius 2 is 1.45 bits per heavy atom. The van der Waals surface area contributed by atoms with Gasteiger partial charge in [-0.25, -0.2) is 4.79 Å². The normalized spacial score (nSPS) is 12.6. The van der Waals surface area contributed by atoms with Crippen LogP contribution in [0.2, 0.25) is 0 Å². The zero-order chi connectivity index (χ0) is 27.3. The fraction of sp³-hybridized carbons (Fsp3) is 0.576. The second-order valence-corrected chi connectivity index (χ2v) is 10.4. The zero-order valence-corrected chi connectivity index (χ0v) is 23.6. The highest BCUT2D eigenvalue weighted by Gasteiger charge is 2.21. The van der Waals surface area contributed by atoms with Gasteiger partial charge in [-0.15, -0.1) is 0 Å². The van der Waals surface area contributed by atoms with Gasteiger partial charge >= 0.3 is 5.97 Å². The Bertz CT molecular complexity index is 976. The average molecular weight is 523 g/mol. The van der Waals surface area contributed by atoms with Crippen molar-refractivity contribution in [1.29, 1.82) is 0 Å². The van der Waals surface area contributed by atoms with Crippen molar-refractivity contribution in [1.82, 2.24) is 10.3 Å². The van der Waals surface area contributed by atoms with E-state index in [1.165, 1.54) is 70.6 Å². The molecule has 0 fully saturated rings. The maximum absolute atomic E-state index is 12.3. The van der Waals surface area contributed by atoms with Gasteiger partial charge in [0, 0.05) is 29.9 Å². The Labute approximate surface area is 230 Å². The Morgan fingerprint density at radius 1 is 0.842 bits per heavy atom. The summed E-state index contributed by atoms with van der Waals surface area (Å²) in [5.74, 6) is -1.17. The first-order chi connectivity index (χ1) is 18.6. The SMILES string of the molecule is CCCCC/C=C\C/C=C\CCCCCCCCCCCC(=O)N[C@@H](Cc1c[nH]c2ccccc12)C(=O)O. The highest BCUT2D eigenvalue weighted by molar-refractivity contribution is 5.86. The summed E-state index contributed by atoms with van der Waals surface area (Å²) in [6.45, 7) is 2.24. The fourth-order valence-electron chi connectivity index (χ4n) is 4.79. The number of carbonyl (C=O) groups is 2. The van der Waals surface area contributed by atoms with E-state index in [2.05, 4.69) is 41.5 Å². The van der Waals surface area contributed by atoms with Crippen LogP contribution in [0.5, 0.6) is 0 Å². The van der Waals surface area contributed by atoms with E-state index >= 15 is 0 Å². The van der Waals surface area contributed by atoms with Gasteiger partial charge in [0.2, 0.25) is 5.91 Å². The van der Waals surface area contributed by atoms with E-state index in [1.54, 1.807) is 0 Å². The first-order valence-corrected chi connectivity index (χ1v) is 15.0. The number of aromatic amines is 1. The monoisotopic (exact) mass is 522 g/mol. The van der Waals surface area contributed by atoms with Gasteiger partial charge in [-0.3, -0.25) is 4.79 Å². The molecule has 1 aromatic carbocycles. The van der Waals surface area contributed by atoms with Crippen LogP contribution in [0.4, 0.5) is 0 Å². The standard InChI is InChI=1S/C33H50N2O3/c1-2-3-4-5-6-7-8-9-10-11-12-13-14-15-16-17-18-19-20-25-32(36)35-31(33(37)38)26-28-27-34-30-24-22-21-23-29(28)30/h6-7,9-10,21-24,27,31,34H,2-5,8,11-20,25-26H2,1H3,(H,35,36)(H,37,38)/b7-6-,10-9-/t31-/m0/s1. The van der Waals surface area contributed by atoms with Crippen LogP contribution in [0.3, 0.4) is 0 Å². The van der Waals surface area contributed by atoms with Crippen LogP contribution in [0.1, 0.15) is 115 Å². The summed E-state index contributed by atoms with van der Waals surface area (Å²) in [7, 11) is 0. The number of carboxylic acid groups (broad SMARTS) is 1. The molecule has 1 aromatic heterocycles. The van der Waals surface area contributed by atoms with Gasteiger partial charge in [0.05, 0.1) is 0 Å². The summed E-state index contributed by atoms with van der Waals surface area (Å²) in [6, 6.07) is 6.89. The zero-order valence-electron chi connectivity index (χ0n) is 23.6. The summed E-state index contributed by atoms with van der Waals surface area (Å²) in [4.78, 5) is 27.2. The van der Waals surface area contributed by atoms with Crippen molar-refractivity contribution < 1.29 is 14.7 Å². The molecule has 2 rings (SSSR count). The van der Waals surface area contributed by atoms with Gasteiger partial charge in [0.15, 0.2) is 0 Å². The van der Waals surface area contributed by atoms with Crippen LogP contribution < -0.4 is 5.32 Å². The van der Waals surface area contributed by atoms with E-state index < -0.39 is 12.0 Å². The number of fused-ring (bicyclic) bond motifs is 1. The number of amides is 1. The number of carboxylic acids is 1. The van der Waals surface area contributed by atoms with E-state index in [-0.39, 0.29) is 12.3 Å². The van der Waals surface area contributed by atoms with Gasteiger partial charge in [-0.1, -0.05) is 107 Å². The molecule has 2 aromatic rings. The minimum absolute atomic E-state index is 0.172. The molecular weight excluding hydrogens is 472 g/mol. The van der Waals surface area contributed by atoms with Crippen molar-refractivity contribution in [3.8, 4) is 0 Å². The number of aromatic nitrogens is 1. The molecule has 0 aliphatic heterocycles. The number of H-pyrrole nitrogens is 1. The quantitative estimate of drug-likeness (QED) is 0.107. The molecule has 0 aliphatic rings. The lowest BCUT2D eigenvalue weighted by atomic mass is 10.0. The van der Waals surface area contributed by atoms with Crippen molar-refractivity contribution in [2.75, 3.05) is 0 Å². The van der Waals surface area contributed by atoms with Crippen LogP contribution in [-0.2, 0) is 16.0 Å². The summed E-state index contributed by atoms with van der Waals surface area (Å²) in [5.41, 5.74) is 1.88. The number of para-hydroxylation sites is 1. The minimum Gasteiger partial charge on any atom is -0.480 e. The number of hydrogen-bond donors (Lipinski definition) is 3. The van der Waals surface area contributed by atoms with Crippen LogP contribution >= 0.6 is 0 Å². The third-order valence-electron chi connectivity index (χ3n) is 7.09. The van der Waals surface area contributed by atoms with Crippen LogP contribution in [0.15, 0.2) is 54.8 Å². The van der Waals surface area contributed by atoms with E-state index in [1.807, 2.05) is 30.5 Å². The Hall–Kier alpha value is -2.82. The molecule has 0 spiro atoms. The van der Waals surface area contributed by atoms with Gasteiger partial charge in [0.25, 0.3) is 0 Å². The molecule has 210 valence electrons. The van der Waals surface area contributed by atoms with E-state index in [0.717, 1.165) is 42.1 Å². The number of hydrogen-bond acceptors (Lipinski definition) is 2. The third kappa shape index (κ3) is 13.6. The molecule has 1 atom stereocenters. The first-order valence-electron chi connectivity index (χ1n) is 15.0. The number of nitrogens with one attached hydrogen (secondary N) is 2. The predicted molar refractivity (Wildman–Crippen MR) is 159 cm³/mol. The maximum Gasteiger partial charge on any atom is 0.326 e. The first kappa shape index (κ1) is 31.4. The van der Waals surface area contributed by atoms with E-state index in [9.17, 15) is 14.7 Å². The van der Waals surface area contributed by atoms with Crippen LogP contribution in [0, 0.1) is 0 Å². The number of aliphatic carboxylic acids is 1. The second kappa shape index (κ2) is 20.2. The number of carbonyl (C=O) groups excluding carboxylic acids is 1. The molecule has 0 saturated carbocycles.